The molecule has 0 heterocycles. The van der Waals surface area contributed by atoms with Gasteiger partial charge >= 0.3 is 0 Å². The van der Waals surface area contributed by atoms with E-state index in [2.05, 4.69) is 10.2 Å². The fourth-order valence-electron chi connectivity index (χ4n) is 2.26. The fourth-order valence-corrected chi connectivity index (χ4v) is 2.26. The zero-order valence-corrected chi connectivity index (χ0v) is 8.97. The van der Waals surface area contributed by atoms with Crippen molar-refractivity contribution in [3.63, 3.8) is 0 Å². The highest BCUT2D eigenvalue weighted by atomic mass is 15.2. The van der Waals surface area contributed by atoms with Gasteiger partial charge in [0.05, 0.1) is 0 Å². The van der Waals surface area contributed by atoms with E-state index in [1.54, 1.807) is 0 Å². The van der Waals surface area contributed by atoms with Crippen molar-refractivity contribution in [2.45, 2.75) is 64.2 Å². The SMILES string of the molecule is C1CCC(=NN=C2CCCCC2)CC1. The number of hydrogen-bond acceptors (Lipinski definition) is 2. The third-order valence-corrected chi connectivity index (χ3v) is 3.19. The Kier molecular flexibility index (Phi) is 3.72. The van der Waals surface area contributed by atoms with Gasteiger partial charge in [-0.3, -0.25) is 0 Å². The van der Waals surface area contributed by atoms with Gasteiger partial charge in [0.25, 0.3) is 0 Å². The quantitative estimate of drug-likeness (QED) is 0.566. The summed E-state index contributed by atoms with van der Waals surface area (Å²) in [5.74, 6) is 0. The van der Waals surface area contributed by atoms with Crippen LogP contribution in [-0.4, -0.2) is 11.4 Å². The summed E-state index contributed by atoms with van der Waals surface area (Å²) in [5, 5.41) is 8.82. The van der Waals surface area contributed by atoms with Gasteiger partial charge in [-0.15, -0.1) is 0 Å². The molecule has 2 nitrogen and oxygen atoms in total. The first-order valence-corrected chi connectivity index (χ1v) is 6.06. The van der Waals surface area contributed by atoms with Crippen molar-refractivity contribution in [2.75, 3.05) is 0 Å². The molecule has 0 spiro atoms. The van der Waals surface area contributed by atoms with Crippen LogP contribution in [0.4, 0.5) is 0 Å². The molecule has 0 atom stereocenters. The molecule has 14 heavy (non-hydrogen) atoms. The van der Waals surface area contributed by atoms with Gasteiger partial charge in [-0.25, -0.2) is 0 Å². The molecule has 0 aliphatic heterocycles. The summed E-state index contributed by atoms with van der Waals surface area (Å²) in [5.41, 5.74) is 2.68. The first-order valence-electron chi connectivity index (χ1n) is 6.06. The third kappa shape index (κ3) is 2.93. The van der Waals surface area contributed by atoms with Crippen molar-refractivity contribution in [1.29, 1.82) is 0 Å². The van der Waals surface area contributed by atoms with Crippen LogP contribution in [0.25, 0.3) is 0 Å². The molecule has 0 bridgehead atoms. The second kappa shape index (κ2) is 5.28. The van der Waals surface area contributed by atoms with Crippen molar-refractivity contribution < 1.29 is 0 Å². The molecule has 0 amide bonds. The lowest BCUT2D eigenvalue weighted by atomic mass is 9.98. The molecule has 2 aliphatic carbocycles. The second-order valence-corrected chi connectivity index (χ2v) is 4.45. The average Bonchev–Trinajstić information content (AvgIpc) is 2.29. The van der Waals surface area contributed by atoms with Gasteiger partial charge in [0.2, 0.25) is 0 Å². The fraction of sp³-hybridized carbons (Fsp3) is 0.833. The third-order valence-electron chi connectivity index (χ3n) is 3.19. The van der Waals surface area contributed by atoms with Gasteiger partial charge < -0.3 is 0 Å². The maximum Gasteiger partial charge on any atom is 0.0405 e. The van der Waals surface area contributed by atoms with Gasteiger partial charge in [0.15, 0.2) is 0 Å². The van der Waals surface area contributed by atoms with E-state index in [1.807, 2.05) is 0 Å². The predicted molar refractivity (Wildman–Crippen MR) is 61.0 cm³/mol. The van der Waals surface area contributed by atoms with Crippen molar-refractivity contribution in [2.24, 2.45) is 10.2 Å². The van der Waals surface area contributed by atoms with E-state index >= 15 is 0 Å². The minimum absolute atomic E-state index is 1.19. The Balaban J connectivity index is 1.88. The molecule has 2 rings (SSSR count). The number of rotatable bonds is 1. The van der Waals surface area contributed by atoms with Gasteiger partial charge in [0.1, 0.15) is 0 Å². The lowest BCUT2D eigenvalue weighted by Gasteiger charge is -2.12. The second-order valence-electron chi connectivity index (χ2n) is 4.45. The van der Waals surface area contributed by atoms with Crippen molar-refractivity contribution >= 4 is 11.4 Å². The van der Waals surface area contributed by atoms with Crippen LogP contribution in [0, 0.1) is 0 Å². The van der Waals surface area contributed by atoms with Crippen LogP contribution in [0.3, 0.4) is 0 Å². The van der Waals surface area contributed by atoms with Crippen LogP contribution in [0.2, 0.25) is 0 Å². The Morgan fingerprint density at radius 3 is 1.21 bits per heavy atom. The lowest BCUT2D eigenvalue weighted by molar-refractivity contribution is 0.657. The Morgan fingerprint density at radius 2 is 0.857 bits per heavy atom. The van der Waals surface area contributed by atoms with Crippen LogP contribution >= 0.6 is 0 Å². The minimum Gasteiger partial charge on any atom is -0.160 e. The summed E-state index contributed by atoms with van der Waals surface area (Å²) < 4.78 is 0. The zero-order chi connectivity index (χ0) is 9.64. The molecule has 2 aliphatic rings. The summed E-state index contributed by atoms with van der Waals surface area (Å²) in [6.07, 6.45) is 12.8. The van der Waals surface area contributed by atoms with Gasteiger partial charge in [-0.2, -0.15) is 10.2 Å². The molecule has 0 unspecified atom stereocenters. The maximum absolute atomic E-state index is 4.41. The normalized spacial score (nSPS) is 23.4. The van der Waals surface area contributed by atoms with Crippen LogP contribution in [0.15, 0.2) is 10.2 Å². The van der Waals surface area contributed by atoms with E-state index in [0.29, 0.717) is 0 Å². The van der Waals surface area contributed by atoms with E-state index in [1.165, 1.54) is 75.6 Å². The summed E-state index contributed by atoms with van der Waals surface area (Å²) in [4.78, 5) is 0. The minimum atomic E-state index is 1.19. The summed E-state index contributed by atoms with van der Waals surface area (Å²) in [6, 6.07) is 0. The first kappa shape index (κ1) is 9.88. The van der Waals surface area contributed by atoms with Crippen molar-refractivity contribution in [3.8, 4) is 0 Å². The highest BCUT2D eigenvalue weighted by Gasteiger charge is 2.08. The molecule has 2 heteroatoms. The molecule has 0 aromatic heterocycles. The standard InChI is InChI=1S/C12H20N2/c1-3-7-11(8-4-1)13-14-12-9-5-2-6-10-12/h1-10H2. The Hall–Kier alpha value is -0.660. The highest BCUT2D eigenvalue weighted by molar-refractivity contribution is 5.88. The summed E-state index contributed by atoms with van der Waals surface area (Å²) >= 11 is 0. The lowest BCUT2D eigenvalue weighted by Crippen LogP contribution is -2.06. The molecule has 0 aromatic rings. The van der Waals surface area contributed by atoms with E-state index < -0.39 is 0 Å². The van der Waals surface area contributed by atoms with E-state index in [0.717, 1.165) is 0 Å². The Bertz CT molecular complexity index is 199. The maximum atomic E-state index is 4.41. The molecule has 78 valence electrons. The smallest absolute Gasteiger partial charge is 0.0405 e. The molecule has 0 N–H and O–H groups in total. The molecule has 0 saturated heterocycles. The number of hydrogen-bond donors (Lipinski definition) is 0. The van der Waals surface area contributed by atoms with E-state index in [9.17, 15) is 0 Å². The highest BCUT2D eigenvalue weighted by Crippen LogP contribution is 2.17. The van der Waals surface area contributed by atoms with E-state index in [-0.39, 0.29) is 0 Å². The van der Waals surface area contributed by atoms with Gasteiger partial charge in [0, 0.05) is 11.4 Å². The van der Waals surface area contributed by atoms with E-state index in [4.69, 9.17) is 0 Å². The topological polar surface area (TPSA) is 24.7 Å². The van der Waals surface area contributed by atoms with Crippen molar-refractivity contribution in [1.82, 2.24) is 0 Å². The molecule has 0 aromatic carbocycles. The molecular weight excluding hydrogens is 172 g/mol. The number of nitrogens with zero attached hydrogens (tertiary/aromatic N) is 2. The van der Waals surface area contributed by atoms with Crippen LogP contribution in [0.1, 0.15) is 64.2 Å². The Labute approximate surface area is 86.5 Å². The molecular formula is C12H20N2. The predicted octanol–water partition coefficient (Wildman–Crippen LogP) is 3.71. The molecule has 2 saturated carbocycles. The van der Waals surface area contributed by atoms with Gasteiger partial charge in [-0.1, -0.05) is 12.8 Å². The van der Waals surface area contributed by atoms with Gasteiger partial charge in [-0.05, 0) is 51.4 Å². The monoisotopic (exact) mass is 192 g/mol. The van der Waals surface area contributed by atoms with Crippen molar-refractivity contribution in [3.05, 3.63) is 0 Å². The van der Waals surface area contributed by atoms with Crippen LogP contribution < -0.4 is 0 Å². The largest absolute Gasteiger partial charge is 0.160 e. The molecule has 2 fully saturated rings. The Morgan fingerprint density at radius 1 is 0.500 bits per heavy atom. The summed E-state index contributed by atoms with van der Waals surface area (Å²) in [6.45, 7) is 0. The summed E-state index contributed by atoms with van der Waals surface area (Å²) in [7, 11) is 0. The zero-order valence-electron chi connectivity index (χ0n) is 8.97. The molecule has 0 radical (unpaired) electrons. The first-order chi connectivity index (χ1) is 6.95. The van der Waals surface area contributed by atoms with Crippen LogP contribution in [-0.2, 0) is 0 Å². The van der Waals surface area contributed by atoms with Crippen LogP contribution in [0.5, 0.6) is 0 Å². The average molecular weight is 192 g/mol.